The average Bonchev–Trinajstić information content (AvgIpc) is 2.63. The van der Waals surface area contributed by atoms with Crippen LogP contribution < -0.4 is 5.73 Å². The lowest BCUT2D eigenvalue weighted by molar-refractivity contribution is 0.0661. The molecule has 1 unspecified atom stereocenters. The summed E-state index contributed by atoms with van der Waals surface area (Å²) >= 11 is 0. The molecule has 2 N–H and O–H groups in total. The van der Waals surface area contributed by atoms with Gasteiger partial charge in [-0.1, -0.05) is 32.8 Å². The van der Waals surface area contributed by atoms with E-state index in [1.54, 1.807) is 6.07 Å². The number of anilines is 1. The van der Waals surface area contributed by atoms with Gasteiger partial charge in [-0.25, -0.2) is 0 Å². The molecule has 1 atom stereocenters. The van der Waals surface area contributed by atoms with Crippen molar-refractivity contribution in [3.05, 3.63) is 29.8 Å². The number of carbonyl (C=O) groups is 1. The first-order chi connectivity index (χ1) is 9.58. The molecule has 0 aliphatic carbocycles. The Balaban J connectivity index is 0.00000220. The molecule has 0 aromatic heterocycles. The molecule has 0 bridgehead atoms. The lowest BCUT2D eigenvalue weighted by atomic mass is 9.98. The zero-order chi connectivity index (χ0) is 14.5. The number of likely N-dealkylation sites (tertiary alicyclic amines) is 1. The fourth-order valence-electron chi connectivity index (χ4n) is 3.07. The van der Waals surface area contributed by atoms with E-state index in [9.17, 15) is 4.79 Å². The van der Waals surface area contributed by atoms with E-state index in [0.717, 1.165) is 31.4 Å². The Morgan fingerprint density at radius 1 is 1.33 bits per heavy atom. The highest BCUT2D eigenvalue weighted by Gasteiger charge is 2.26. The molecule has 0 radical (unpaired) electrons. The van der Waals surface area contributed by atoms with Crippen molar-refractivity contribution in [1.29, 1.82) is 0 Å². The van der Waals surface area contributed by atoms with Crippen LogP contribution in [0.1, 0.15) is 56.3 Å². The first-order valence-corrected chi connectivity index (χ1v) is 7.74. The molecule has 1 saturated heterocycles. The number of halogens is 1. The monoisotopic (exact) mass is 310 g/mol. The molecule has 3 nitrogen and oxygen atoms in total. The summed E-state index contributed by atoms with van der Waals surface area (Å²) in [6.07, 6.45) is 5.80. The number of hydrogen-bond donors (Lipinski definition) is 1. The zero-order valence-electron chi connectivity index (χ0n) is 13.0. The van der Waals surface area contributed by atoms with Crippen molar-refractivity contribution in [3.8, 4) is 0 Å². The van der Waals surface area contributed by atoms with Gasteiger partial charge in [0.2, 0.25) is 0 Å². The van der Waals surface area contributed by atoms with Gasteiger partial charge < -0.3 is 10.6 Å². The van der Waals surface area contributed by atoms with Crippen LogP contribution in [0.25, 0.3) is 0 Å². The molecule has 1 aliphatic heterocycles. The van der Waals surface area contributed by atoms with Gasteiger partial charge in [0.25, 0.3) is 5.91 Å². The molecular formula is C17H27ClN2O. The summed E-state index contributed by atoms with van der Waals surface area (Å²) in [6.45, 7) is 5.34. The van der Waals surface area contributed by atoms with Gasteiger partial charge in [-0.2, -0.15) is 0 Å². The van der Waals surface area contributed by atoms with E-state index >= 15 is 0 Å². The van der Waals surface area contributed by atoms with Crippen LogP contribution in [-0.4, -0.2) is 23.4 Å². The number of hydrogen-bond acceptors (Lipinski definition) is 2. The highest BCUT2D eigenvalue weighted by atomic mass is 35.5. The van der Waals surface area contributed by atoms with Crippen LogP contribution in [0.15, 0.2) is 24.3 Å². The standard InChI is InChI=1S/C17H26N2O.ClH/c1-13(2)11-16-9-4-3-5-10-19(16)17(20)14-7-6-8-15(18)12-14;/h6-8,12-13,16H,3-5,9-11,18H2,1-2H3;1H. The SMILES string of the molecule is CC(C)CC1CCCCCN1C(=O)c1cccc(N)c1.Cl. The molecular weight excluding hydrogens is 284 g/mol. The number of nitrogen functional groups attached to an aromatic ring is 1. The van der Waals surface area contributed by atoms with Gasteiger partial charge in [0.15, 0.2) is 0 Å². The van der Waals surface area contributed by atoms with Crippen molar-refractivity contribution in [2.45, 2.75) is 52.0 Å². The van der Waals surface area contributed by atoms with Gasteiger partial charge in [0.1, 0.15) is 0 Å². The van der Waals surface area contributed by atoms with Crippen molar-refractivity contribution in [3.63, 3.8) is 0 Å². The van der Waals surface area contributed by atoms with Gasteiger partial charge >= 0.3 is 0 Å². The third-order valence-electron chi connectivity index (χ3n) is 4.02. The predicted molar refractivity (Wildman–Crippen MR) is 90.8 cm³/mol. The largest absolute Gasteiger partial charge is 0.399 e. The lowest BCUT2D eigenvalue weighted by Gasteiger charge is -2.31. The molecule has 21 heavy (non-hydrogen) atoms. The molecule has 4 heteroatoms. The van der Waals surface area contributed by atoms with Crippen molar-refractivity contribution < 1.29 is 4.79 Å². The van der Waals surface area contributed by atoms with Crippen LogP contribution in [-0.2, 0) is 0 Å². The number of rotatable bonds is 3. The van der Waals surface area contributed by atoms with E-state index in [1.807, 2.05) is 18.2 Å². The van der Waals surface area contributed by atoms with Gasteiger partial charge in [-0.3, -0.25) is 4.79 Å². The second-order valence-corrected chi connectivity index (χ2v) is 6.26. The molecule has 1 fully saturated rings. The molecule has 1 aromatic carbocycles. The summed E-state index contributed by atoms with van der Waals surface area (Å²) in [5.74, 6) is 0.763. The molecule has 0 spiro atoms. The van der Waals surface area contributed by atoms with Crippen LogP contribution in [0.3, 0.4) is 0 Å². The molecule has 1 aliphatic rings. The lowest BCUT2D eigenvalue weighted by Crippen LogP contribution is -2.40. The minimum Gasteiger partial charge on any atom is -0.399 e. The van der Waals surface area contributed by atoms with Gasteiger partial charge in [-0.05, 0) is 43.4 Å². The van der Waals surface area contributed by atoms with Crippen LogP contribution in [0.2, 0.25) is 0 Å². The molecule has 1 aromatic rings. The topological polar surface area (TPSA) is 46.3 Å². The number of nitrogens with two attached hydrogens (primary N) is 1. The maximum Gasteiger partial charge on any atom is 0.254 e. The van der Waals surface area contributed by atoms with Crippen molar-refractivity contribution in [2.75, 3.05) is 12.3 Å². The van der Waals surface area contributed by atoms with E-state index in [1.165, 1.54) is 12.8 Å². The van der Waals surface area contributed by atoms with Crippen molar-refractivity contribution in [2.24, 2.45) is 5.92 Å². The second-order valence-electron chi connectivity index (χ2n) is 6.26. The Labute approximate surface area is 134 Å². The predicted octanol–water partition coefficient (Wildman–Crippen LogP) is 4.12. The summed E-state index contributed by atoms with van der Waals surface area (Å²) < 4.78 is 0. The quantitative estimate of drug-likeness (QED) is 0.854. The fraction of sp³-hybridized carbons (Fsp3) is 0.588. The summed E-state index contributed by atoms with van der Waals surface area (Å²) in [4.78, 5) is 14.9. The number of carbonyl (C=O) groups excluding carboxylic acids is 1. The third-order valence-corrected chi connectivity index (χ3v) is 4.02. The van der Waals surface area contributed by atoms with E-state index < -0.39 is 0 Å². The van der Waals surface area contributed by atoms with E-state index in [0.29, 0.717) is 17.6 Å². The number of amides is 1. The minimum atomic E-state index is 0. The van der Waals surface area contributed by atoms with Crippen molar-refractivity contribution >= 4 is 24.0 Å². The Hall–Kier alpha value is -1.22. The van der Waals surface area contributed by atoms with Gasteiger partial charge in [0.05, 0.1) is 0 Å². The Morgan fingerprint density at radius 2 is 2.10 bits per heavy atom. The van der Waals surface area contributed by atoms with Crippen LogP contribution >= 0.6 is 12.4 Å². The number of benzene rings is 1. The Morgan fingerprint density at radius 3 is 2.76 bits per heavy atom. The van der Waals surface area contributed by atoms with E-state index in [4.69, 9.17) is 5.73 Å². The zero-order valence-corrected chi connectivity index (χ0v) is 13.9. The Kier molecular flexibility index (Phi) is 7.03. The molecule has 0 saturated carbocycles. The van der Waals surface area contributed by atoms with Crippen LogP contribution in [0.5, 0.6) is 0 Å². The summed E-state index contributed by atoms with van der Waals surface area (Å²) in [6, 6.07) is 7.73. The van der Waals surface area contributed by atoms with E-state index in [2.05, 4.69) is 18.7 Å². The van der Waals surface area contributed by atoms with E-state index in [-0.39, 0.29) is 18.3 Å². The number of nitrogens with zero attached hydrogens (tertiary/aromatic N) is 1. The Bertz CT molecular complexity index is 462. The maximum absolute atomic E-state index is 12.8. The van der Waals surface area contributed by atoms with Gasteiger partial charge in [0, 0.05) is 23.8 Å². The minimum absolute atomic E-state index is 0. The smallest absolute Gasteiger partial charge is 0.254 e. The third kappa shape index (κ3) is 4.92. The summed E-state index contributed by atoms with van der Waals surface area (Å²) in [7, 11) is 0. The highest BCUT2D eigenvalue weighted by molar-refractivity contribution is 5.95. The highest BCUT2D eigenvalue weighted by Crippen LogP contribution is 2.24. The van der Waals surface area contributed by atoms with Crippen molar-refractivity contribution in [1.82, 2.24) is 4.90 Å². The first kappa shape index (κ1) is 17.8. The fourth-order valence-corrected chi connectivity index (χ4v) is 3.07. The van der Waals surface area contributed by atoms with Crippen LogP contribution in [0, 0.1) is 5.92 Å². The molecule has 1 amide bonds. The first-order valence-electron chi connectivity index (χ1n) is 7.74. The normalized spacial score (nSPS) is 19.0. The second kappa shape index (κ2) is 8.28. The maximum atomic E-state index is 12.8. The summed E-state index contributed by atoms with van der Waals surface area (Å²) in [5.41, 5.74) is 7.18. The molecule has 2 rings (SSSR count). The summed E-state index contributed by atoms with van der Waals surface area (Å²) in [5, 5.41) is 0. The average molecular weight is 311 g/mol. The molecule has 1 heterocycles. The van der Waals surface area contributed by atoms with Crippen LogP contribution in [0.4, 0.5) is 5.69 Å². The van der Waals surface area contributed by atoms with Gasteiger partial charge in [-0.15, -0.1) is 12.4 Å². The molecule has 118 valence electrons.